The highest BCUT2D eigenvalue weighted by atomic mass is 35.5. The summed E-state index contributed by atoms with van der Waals surface area (Å²) in [5.41, 5.74) is 2.54. The van der Waals surface area contributed by atoms with Crippen LogP contribution in [0.15, 0.2) is 54.6 Å². The van der Waals surface area contributed by atoms with E-state index in [4.69, 9.17) is 49.0 Å². The van der Waals surface area contributed by atoms with Crippen LogP contribution in [-0.2, 0) is 13.2 Å². The van der Waals surface area contributed by atoms with Gasteiger partial charge in [-0.1, -0.05) is 40.9 Å². The maximum absolute atomic E-state index is 6.47. The highest BCUT2D eigenvalue weighted by molar-refractivity contribution is 6.36. The lowest BCUT2D eigenvalue weighted by Crippen LogP contribution is -2.03. The predicted octanol–water partition coefficient (Wildman–Crippen LogP) is 6.86. The quantitative estimate of drug-likeness (QED) is 0.405. The first kappa shape index (κ1) is 21.4. The summed E-state index contributed by atoms with van der Waals surface area (Å²) in [5, 5.41) is 4.98. The maximum atomic E-state index is 6.47. The monoisotopic (exact) mass is 451 g/mol. The summed E-state index contributed by atoms with van der Waals surface area (Å²) in [4.78, 5) is 0. The van der Waals surface area contributed by atoms with Gasteiger partial charge in [-0.05, 0) is 48.0 Å². The van der Waals surface area contributed by atoms with Crippen molar-refractivity contribution in [3.8, 4) is 17.2 Å². The lowest BCUT2D eigenvalue weighted by atomic mass is 10.2. The molecule has 0 aliphatic heterocycles. The van der Waals surface area contributed by atoms with Crippen molar-refractivity contribution in [1.82, 2.24) is 0 Å². The van der Waals surface area contributed by atoms with E-state index in [2.05, 4.69) is 5.32 Å². The summed E-state index contributed by atoms with van der Waals surface area (Å²) in [6, 6.07) is 16.6. The molecule has 4 nitrogen and oxygen atoms in total. The Kier molecular flexibility index (Phi) is 7.37. The maximum Gasteiger partial charge on any atom is 0.163 e. The molecule has 0 atom stereocenters. The van der Waals surface area contributed by atoms with Crippen molar-refractivity contribution in [2.45, 2.75) is 13.2 Å². The predicted molar refractivity (Wildman–Crippen MR) is 119 cm³/mol. The molecule has 0 aliphatic carbocycles. The minimum atomic E-state index is 0.203. The molecule has 0 aliphatic rings. The van der Waals surface area contributed by atoms with Gasteiger partial charge < -0.3 is 19.5 Å². The third-order valence-electron chi connectivity index (χ3n) is 4.34. The third-order valence-corrected chi connectivity index (χ3v) is 5.40. The van der Waals surface area contributed by atoms with Crippen molar-refractivity contribution >= 4 is 40.5 Å². The highest BCUT2D eigenvalue weighted by Gasteiger charge is 2.13. The van der Waals surface area contributed by atoms with Crippen LogP contribution in [0.4, 0.5) is 5.69 Å². The molecule has 7 heteroatoms. The molecule has 0 saturated heterocycles. The fraction of sp³-hybridized carbons (Fsp3) is 0.182. The summed E-state index contributed by atoms with van der Waals surface area (Å²) in [6.07, 6.45) is 0. The molecule has 0 heterocycles. The van der Waals surface area contributed by atoms with Crippen molar-refractivity contribution in [3.63, 3.8) is 0 Å². The first-order chi connectivity index (χ1) is 14.0. The summed E-state index contributed by atoms with van der Waals surface area (Å²) in [5.74, 6) is 1.89. The topological polar surface area (TPSA) is 39.7 Å². The number of rotatable bonds is 8. The number of hydrogen-bond acceptors (Lipinski definition) is 4. The zero-order valence-corrected chi connectivity index (χ0v) is 18.2. The Morgan fingerprint density at radius 1 is 0.793 bits per heavy atom. The van der Waals surface area contributed by atoms with Crippen molar-refractivity contribution < 1.29 is 14.2 Å². The molecule has 0 radical (unpaired) electrons. The number of methoxy groups -OCH3 is 2. The Morgan fingerprint density at radius 3 is 2.10 bits per heavy atom. The second-order valence-electron chi connectivity index (χ2n) is 6.17. The van der Waals surface area contributed by atoms with Crippen molar-refractivity contribution in [1.29, 1.82) is 0 Å². The zero-order chi connectivity index (χ0) is 20.8. The molecule has 1 N–H and O–H groups in total. The van der Waals surface area contributed by atoms with Gasteiger partial charge in [-0.2, -0.15) is 0 Å². The molecule has 3 aromatic rings. The van der Waals surface area contributed by atoms with Gasteiger partial charge in [0.15, 0.2) is 11.5 Å². The van der Waals surface area contributed by atoms with Gasteiger partial charge in [-0.3, -0.25) is 0 Å². The second kappa shape index (κ2) is 9.97. The Labute approximate surface area is 185 Å². The minimum absolute atomic E-state index is 0.203. The fourth-order valence-corrected chi connectivity index (χ4v) is 3.44. The number of benzene rings is 3. The van der Waals surface area contributed by atoms with E-state index >= 15 is 0 Å². The van der Waals surface area contributed by atoms with E-state index < -0.39 is 0 Å². The summed E-state index contributed by atoms with van der Waals surface area (Å²) in [6.45, 7) is 0.729. The number of nitrogens with one attached hydrogen (secondary N) is 1. The average Bonchev–Trinajstić information content (AvgIpc) is 2.73. The average molecular weight is 453 g/mol. The van der Waals surface area contributed by atoms with Crippen LogP contribution in [0.2, 0.25) is 15.1 Å². The molecule has 0 unspecified atom stereocenters. The molecule has 0 amide bonds. The van der Waals surface area contributed by atoms with Crippen molar-refractivity contribution in [3.05, 3.63) is 80.8 Å². The number of anilines is 1. The van der Waals surface area contributed by atoms with E-state index in [9.17, 15) is 0 Å². The normalized spacial score (nSPS) is 10.5. The van der Waals surface area contributed by atoms with E-state index in [1.165, 1.54) is 0 Å². The van der Waals surface area contributed by atoms with Crippen LogP contribution in [0.1, 0.15) is 11.1 Å². The molecule has 3 rings (SSSR count). The molecule has 0 spiro atoms. The van der Waals surface area contributed by atoms with Gasteiger partial charge in [0.2, 0.25) is 0 Å². The SMILES string of the molecule is COc1ccc(NCc2cc(OC)c(OCc3c(Cl)cccc3Cl)cc2Cl)cc1. The van der Waals surface area contributed by atoms with Crippen LogP contribution < -0.4 is 19.5 Å². The standard InChI is InChI=1S/C22H20Cl3NO3/c1-27-16-8-6-15(7-9-16)26-12-14-10-21(28-2)22(11-20(14)25)29-13-17-18(23)4-3-5-19(17)24/h3-11,26H,12-13H2,1-2H3. The largest absolute Gasteiger partial charge is 0.497 e. The summed E-state index contributed by atoms with van der Waals surface area (Å²) >= 11 is 18.9. The molecule has 0 aromatic heterocycles. The molecule has 152 valence electrons. The number of hydrogen-bond donors (Lipinski definition) is 1. The van der Waals surface area contributed by atoms with Gasteiger partial charge in [0, 0.05) is 38.9 Å². The van der Waals surface area contributed by atoms with E-state index in [1.54, 1.807) is 38.5 Å². The molecule has 0 bridgehead atoms. The third kappa shape index (κ3) is 5.41. The lowest BCUT2D eigenvalue weighted by molar-refractivity contribution is 0.284. The molecular formula is C22H20Cl3NO3. The molecule has 0 saturated carbocycles. The first-order valence-corrected chi connectivity index (χ1v) is 9.95. The smallest absolute Gasteiger partial charge is 0.163 e. The van der Waals surface area contributed by atoms with Gasteiger partial charge in [-0.15, -0.1) is 0 Å². The Balaban J connectivity index is 1.72. The molecule has 3 aromatic carbocycles. The van der Waals surface area contributed by atoms with Crippen molar-refractivity contribution in [2.75, 3.05) is 19.5 Å². The van der Waals surface area contributed by atoms with Crippen molar-refractivity contribution in [2.24, 2.45) is 0 Å². The van der Waals surface area contributed by atoms with Gasteiger partial charge in [0.1, 0.15) is 12.4 Å². The van der Waals surface area contributed by atoms with Gasteiger partial charge in [0.25, 0.3) is 0 Å². The number of halogens is 3. The van der Waals surface area contributed by atoms with E-state index in [0.29, 0.717) is 38.7 Å². The summed E-state index contributed by atoms with van der Waals surface area (Å²) < 4.78 is 16.5. The minimum Gasteiger partial charge on any atom is -0.497 e. The molecular weight excluding hydrogens is 433 g/mol. The Hall–Kier alpha value is -2.27. The first-order valence-electron chi connectivity index (χ1n) is 8.82. The van der Waals surface area contributed by atoms with Crippen LogP contribution in [0, 0.1) is 0 Å². The Morgan fingerprint density at radius 2 is 1.48 bits per heavy atom. The van der Waals surface area contributed by atoms with E-state index in [0.717, 1.165) is 17.0 Å². The summed E-state index contributed by atoms with van der Waals surface area (Å²) in [7, 11) is 3.22. The van der Waals surface area contributed by atoms with Crippen LogP contribution >= 0.6 is 34.8 Å². The van der Waals surface area contributed by atoms with Crippen LogP contribution in [0.5, 0.6) is 17.2 Å². The molecule has 0 fully saturated rings. The van der Waals surface area contributed by atoms with Gasteiger partial charge in [-0.25, -0.2) is 0 Å². The second-order valence-corrected chi connectivity index (χ2v) is 7.39. The zero-order valence-electron chi connectivity index (χ0n) is 16.0. The lowest BCUT2D eigenvalue weighted by Gasteiger charge is -2.15. The Bertz CT molecular complexity index is 958. The number of ether oxygens (including phenoxy) is 3. The van der Waals surface area contributed by atoms with E-state index in [1.807, 2.05) is 30.3 Å². The molecule has 29 heavy (non-hydrogen) atoms. The van der Waals surface area contributed by atoms with Crippen LogP contribution in [0.3, 0.4) is 0 Å². The fourth-order valence-electron chi connectivity index (χ4n) is 2.71. The van der Waals surface area contributed by atoms with Crippen LogP contribution in [-0.4, -0.2) is 14.2 Å². The van der Waals surface area contributed by atoms with Crippen LogP contribution in [0.25, 0.3) is 0 Å². The van der Waals surface area contributed by atoms with Gasteiger partial charge >= 0.3 is 0 Å². The van der Waals surface area contributed by atoms with E-state index in [-0.39, 0.29) is 6.61 Å². The van der Waals surface area contributed by atoms with Gasteiger partial charge in [0.05, 0.1) is 14.2 Å². The highest BCUT2D eigenvalue weighted by Crippen LogP contribution is 2.35.